The summed E-state index contributed by atoms with van der Waals surface area (Å²) in [6.07, 6.45) is 4.00. The highest BCUT2D eigenvalue weighted by Gasteiger charge is 2.27. The van der Waals surface area contributed by atoms with Gasteiger partial charge < -0.3 is 10.1 Å². The molecule has 3 heterocycles. The van der Waals surface area contributed by atoms with Crippen LogP contribution in [0.25, 0.3) is 10.9 Å². The van der Waals surface area contributed by atoms with E-state index in [1.165, 1.54) is 0 Å². The second kappa shape index (κ2) is 7.44. The summed E-state index contributed by atoms with van der Waals surface area (Å²) >= 11 is 0. The van der Waals surface area contributed by atoms with E-state index in [1.807, 2.05) is 24.3 Å². The number of carbonyl (C=O) groups excluding carboxylic acids is 1. The maximum atomic E-state index is 12.7. The number of aromatic amines is 1. The second-order valence-electron chi connectivity index (χ2n) is 7.80. The van der Waals surface area contributed by atoms with E-state index in [0.29, 0.717) is 18.9 Å². The van der Waals surface area contributed by atoms with Gasteiger partial charge in [0.05, 0.1) is 30.5 Å². The summed E-state index contributed by atoms with van der Waals surface area (Å²) in [5.41, 5.74) is 3.09. The molecule has 0 atom stereocenters. The minimum Gasteiger partial charge on any atom is -0.376 e. The van der Waals surface area contributed by atoms with Crippen LogP contribution in [0.1, 0.15) is 53.5 Å². The molecule has 0 unspecified atom stereocenters. The zero-order chi connectivity index (χ0) is 19.8. The molecule has 1 saturated carbocycles. The molecule has 0 radical (unpaired) electrons. The first-order chi connectivity index (χ1) is 14.2. The fourth-order valence-electron chi connectivity index (χ4n) is 4.35. The average Bonchev–Trinajstić information content (AvgIpc) is 3.18. The van der Waals surface area contributed by atoms with E-state index in [4.69, 9.17) is 4.74 Å². The Morgan fingerprint density at radius 3 is 2.90 bits per heavy atom. The summed E-state index contributed by atoms with van der Waals surface area (Å²) in [4.78, 5) is 25.2. The predicted octanol–water partition coefficient (Wildman–Crippen LogP) is 2.11. The van der Waals surface area contributed by atoms with Crippen LogP contribution in [0.3, 0.4) is 0 Å². The van der Waals surface area contributed by atoms with Crippen molar-refractivity contribution in [3.05, 3.63) is 57.6 Å². The van der Waals surface area contributed by atoms with Crippen molar-refractivity contribution in [2.75, 3.05) is 6.61 Å². The zero-order valence-electron chi connectivity index (χ0n) is 16.1. The molecule has 0 bridgehead atoms. The van der Waals surface area contributed by atoms with Crippen molar-refractivity contribution in [2.45, 2.75) is 50.8 Å². The number of carbonyl (C=O) groups is 1. The zero-order valence-corrected chi connectivity index (χ0v) is 16.1. The molecule has 0 spiro atoms. The molecule has 8 heteroatoms. The van der Waals surface area contributed by atoms with E-state index in [2.05, 4.69) is 20.6 Å². The molecule has 0 saturated heterocycles. The third-order valence-corrected chi connectivity index (χ3v) is 5.93. The van der Waals surface area contributed by atoms with Crippen molar-refractivity contribution in [1.29, 1.82) is 0 Å². The lowest BCUT2D eigenvalue weighted by Crippen LogP contribution is -2.40. The van der Waals surface area contributed by atoms with Crippen LogP contribution in [0, 0.1) is 0 Å². The SMILES string of the molecule is O=C(NC1CCC(n2nc3c(cc2=O)COCC3)CC1)c1n[nH]c2ccccc12. The normalized spacial score (nSPS) is 21.7. The van der Waals surface area contributed by atoms with E-state index < -0.39 is 0 Å². The van der Waals surface area contributed by atoms with Crippen molar-refractivity contribution < 1.29 is 9.53 Å². The molecule has 5 rings (SSSR count). The lowest BCUT2D eigenvalue weighted by molar-refractivity contribution is 0.0917. The van der Waals surface area contributed by atoms with Gasteiger partial charge in [0.2, 0.25) is 0 Å². The number of nitrogens with zero attached hydrogens (tertiary/aromatic N) is 3. The minimum absolute atomic E-state index is 0.0651. The highest BCUT2D eigenvalue weighted by atomic mass is 16.5. The van der Waals surface area contributed by atoms with Gasteiger partial charge >= 0.3 is 0 Å². The van der Waals surface area contributed by atoms with Crippen LogP contribution in [0.15, 0.2) is 35.1 Å². The third kappa shape index (κ3) is 3.44. The number of aromatic nitrogens is 4. The van der Waals surface area contributed by atoms with Gasteiger partial charge in [-0.05, 0) is 31.7 Å². The first kappa shape index (κ1) is 18.1. The number of H-pyrrole nitrogens is 1. The molecule has 3 aromatic rings. The van der Waals surface area contributed by atoms with Crippen molar-refractivity contribution in [2.24, 2.45) is 0 Å². The molecule has 2 aliphatic rings. The third-order valence-electron chi connectivity index (χ3n) is 5.93. The average molecular weight is 393 g/mol. The van der Waals surface area contributed by atoms with Crippen molar-refractivity contribution in [1.82, 2.24) is 25.3 Å². The van der Waals surface area contributed by atoms with Crippen LogP contribution in [0.2, 0.25) is 0 Å². The molecule has 1 fully saturated rings. The maximum absolute atomic E-state index is 12.7. The Hall–Kier alpha value is -3.00. The summed E-state index contributed by atoms with van der Waals surface area (Å²) < 4.78 is 7.05. The summed E-state index contributed by atoms with van der Waals surface area (Å²) in [6.45, 7) is 1.12. The van der Waals surface area contributed by atoms with E-state index >= 15 is 0 Å². The molecule has 8 nitrogen and oxygen atoms in total. The van der Waals surface area contributed by atoms with Crippen LogP contribution in [-0.4, -0.2) is 38.5 Å². The monoisotopic (exact) mass is 393 g/mol. The lowest BCUT2D eigenvalue weighted by Gasteiger charge is -2.30. The van der Waals surface area contributed by atoms with Gasteiger partial charge in [-0.2, -0.15) is 10.2 Å². The van der Waals surface area contributed by atoms with Crippen LogP contribution in [0.4, 0.5) is 0 Å². The van der Waals surface area contributed by atoms with Gasteiger partial charge in [0.15, 0.2) is 5.69 Å². The molecular weight excluding hydrogens is 370 g/mol. The first-order valence-corrected chi connectivity index (χ1v) is 10.1. The second-order valence-corrected chi connectivity index (χ2v) is 7.80. The Labute approximate surface area is 167 Å². The lowest BCUT2D eigenvalue weighted by atomic mass is 9.91. The summed E-state index contributed by atoms with van der Waals surface area (Å²) in [5, 5.41) is 15.6. The van der Waals surface area contributed by atoms with Crippen LogP contribution in [0.5, 0.6) is 0 Å². The topological polar surface area (TPSA) is 102 Å². The molecule has 1 aromatic carbocycles. The van der Waals surface area contributed by atoms with Gasteiger partial charge in [-0.3, -0.25) is 14.7 Å². The molecule has 1 amide bonds. The van der Waals surface area contributed by atoms with Crippen LogP contribution < -0.4 is 10.9 Å². The number of amides is 1. The van der Waals surface area contributed by atoms with Crippen molar-refractivity contribution in [3.63, 3.8) is 0 Å². The van der Waals surface area contributed by atoms with E-state index in [9.17, 15) is 9.59 Å². The number of ether oxygens (including phenoxy) is 1. The number of fused-ring (bicyclic) bond motifs is 2. The number of rotatable bonds is 3. The van der Waals surface area contributed by atoms with Gasteiger partial charge in [-0.25, -0.2) is 4.68 Å². The quantitative estimate of drug-likeness (QED) is 0.710. The Balaban J connectivity index is 1.25. The van der Waals surface area contributed by atoms with Crippen molar-refractivity contribution >= 4 is 16.8 Å². The van der Waals surface area contributed by atoms with E-state index in [0.717, 1.165) is 54.3 Å². The van der Waals surface area contributed by atoms with Crippen LogP contribution >= 0.6 is 0 Å². The first-order valence-electron chi connectivity index (χ1n) is 10.1. The van der Waals surface area contributed by atoms with Gasteiger partial charge in [0.25, 0.3) is 11.5 Å². The molecule has 1 aliphatic heterocycles. The van der Waals surface area contributed by atoms with Gasteiger partial charge in [0, 0.05) is 29.5 Å². The standard InChI is InChI=1S/C21H23N5O3/c27-19-11-13-12-29-10-9-17(13)25-26(19)15-7-5-14(6-8-15)22-21(28)20-16-3-1-2-4-18(16)23-24-20/h1-4,11,14-15H,5-10,12H2,(H,22,28)(H,23,24). The highest BCUT2D eigenvalue weighted by Crippen LogP contribution is 2.28. The number of hydrogen-bond donors (Lipinski definition) is 2. The van der Waals surface area contributed by atoms with Crippen LogP contribution in [-0.2, 0) is 17.8 Å². The maximum Gasteiger partial charge on any atom is 0.272 e. The highest BCUT2D eigenvalue weighted by molar-refractivity contribution is 6.04. The Kier molecular flexibility index (Phi) is 4.63. The Bertz CT molecular complexity index is 1110. The summed E-state index contributed by atoms with van der Waals surface area (Å²) in [6, 6.07) is 9.43. The molecular formula is C21H23N5O3. The van der Waals surface area contributed by atoms with Gasteiger partial charge in [-0.1, -0.05) is 18.2 Å². The molecule has 2 N–H and O–H groups in total. The summed E-state index contributed by atoms with van der Waals surface area (Å²) in [7, 11) is 0. The number of hydrogen-bond acceptors (Lipinski definition) is 5. The predicted molar refractivity (Wildman–Crippen MR) is 107 cm³/mol. The Morgan fingerprint density at radius 1 is 1.21 bits per heavy atom. The number of benzene rings is 1. The molecule has 1 aliphatic carbocycles. The van der Waals surface area contributed by atoms with Crippen molar-refractivity contribution in [3.8, 4) is 0 Å². The van der Waals surface area contributed by atoms with Gasteiger partial charge in [0.1, 0.15) is 0 Å². The Morgan fingerprint density at radius 2 is 2.03 bits per heavy atom. The molecule has 150 valence electrons. The summed E-state index contributed by atoms with van der Waals surface area (Å²) in [5.74, 6) is -0.157. The molecule has 2 aromatic heterocycles. The fourth-order valence-corrected chi connectivity index (χ4v) is 4.35. The minimum atomic E-state index is -0.157. The smallest absolute Gasteiger partial charge is 0.272 e. The fraction of sp³-hybridized carbons (Fsp3) is 0.429. The largest absolute Gasteiger partial charge is 0.376 e. The van der Waals surface area contributed by atoms with E-state index in [1.54, 1.807) is 10.7 Å². The number of nitrogens with one attached hydrogen (secondary N) is 2. The molecule has 29 heavy (non-hydrogen) atoms. The number of para-hydroxylation sites is 1. The van der Waals surface area contributed by atoms with Gasteiger partial charge in [-0.15, -0.1) is 0 Å². The van der Waals surface area contributed by atoms with E-state index in [-0.39, 0.29) is 23.6 Å².